The highest BCUT2D eigenvalue weighted by molar-refractivity contribution is 7.90. The molecule has 13 heteroatoms. The maximum Gasteiger partial charge on any atom is 0.281 e. The van der Waals surface area contributed by atoms with Crippen LogP contribution in [-0.4, -0.2) is 62.0 Å². The lowest BCUT2D eigenvalue weighted by Crippen LogP contribution is -2.36. The molecule has 2 aliphatic rings. The lowest BCUT2D eigenvalue weighted by molar-refractivity contribution is 0.0975. The van der Waals surface area contributed by atoms with E-state index in [0.29, 0.717) is 36.1 Å². The number of hydrogen-bond donors (Lipinski definition) is 2. The number of carbonyl (C=O) groups excluding carboxylic acids is 1. The Morgan fingerprint density at radius 3 is 2.42 bits per heavy atom. The van der Waals surface area contributed by atoms with E-state index in [1.54, 1.807) is 36.0 Å². The zero-order valence-corrected chi connectivity index (χ0v) is 24.9. The summed E-state index contributed by atoms with van der Waals surface area (Å²) in [6.45, 7) is 4.35. The molecule has 230 valence electrons. The smallest absolute Gasteiger partial charge is 0.281 e. The van der Waals surface area contributed by atoms with Crippen molar-refractivity contribution in [3.8, 4) is 11.5 Å². The zero-order valence-electron chi connectivity index (χ0n) is 24.1. The zero-order chi connectivity index (χ0) is 30.6. The summed E-state index contributed by atoms with van der Waals surface area (Å²) in [5.74, 6) is -3.53. The van der Waals surface area contributed by atoms with Crippen LogP contribution in [0.3, 0.4) is 0 Å². The Hall–Kier alpha value is -3.84. The minimum Gasteiger partial charge on any atom is -0.492 e. The van der Waals surface area contributed by atoms with Crippen molar-refractivity contribution in [2.75, 3.05) is 32.1 Å². The molecule has 0 unspecified atom stereocenters. The predicted molar refractivity (Wildman–Crippen MR) is 156 cm³/mol. The first-order valence-corrected chi connectivity index (χ1v) is 15.8. The largest absolute Gasteiger partial charge is 0.492 e. The summed E-state index contributed by atoms with van der Waals surface area (Å²) >= 11 is 0. The molecule has 3 aromatic rings. The minimum absolute atomic E-state index is 0.241. The molecule has 1 saturated heterocycles. The molecular weight excluding hydrogens is 580 g/mol. The van der Waals surface area contributed by atoms with Crippen LogP contribution in [0.25, 0.3) is 0 Å². The topological polar surface area (TPSA) is 123 Å². The van der Waals surface area contributed by atoms with Gasteiger partial charge in [0.15, 0.2) is 16.6 Å². The van der Waals surface area contributed by atoms with Gasteiger partial charge in [-0.2, -0.15) is 12.8 Å². The summed E-state index contributed by atoms with van der Waals surface area (Å²) in [4.78, 5) is 23.2. The van der Waals surface area contributed by atoms with Crippen molar-refractivity contribution in [1.29, 1.82) is 0 Å². The van der Waals surface area contributed by atoms with Gasteiger partial charge in [-0.3, -0.25) is 9.78 Å². The molecule has 1 aromatic carbocycles. The Morgan fingerprint density at radius 1 is 1.02 bits per heavy atom. The third-order valence-electron chi connectivity index (χ3n) is 7.53. The average molecular weight is 616 g/mol. The number of nitrogens with one attached hydrogen (secondary N) is 2. The summed E-state index contributed by atoms with van der Waals surface area (Å²) in [5.41, 5.74) is 0.341. The van der Waals surface area contributed by atoms with Gasteiger partial charge in [-0.25, -0.2) is 14.1 Å². The average Bonchev–Trinajstić information content (AvgIpc) is 3.83. The highest BCUT2D eigenvalue weighted by Crippen LogP contribution is 2.31. The van der Waals surface area contributed by atoms with Gasteiger partial charge in [-0.1, -0.05) is 6.92 Å². The first kappa shape index (κ1) is 30.6. The van der Waals surface area contributed by atoms with E-state index in [4.69, 9.17) is 9.47 Å². The van der Waals surface area contributed by atoms with E-state index in [0.717, 1.165) is 50.9 Å². The van der Waals surface area contributed by atoms with Crippen molar-refractivity contribution in [3.05, 3.63) is 71.7 Å². The third kappa shape index (κ3) is 7.77. The Labute approximate surface area is 249 Å². The van der Waals surface area contributed by atoms with Gasteiger partial charge >= 0.3 is 0 Å². The van der Waals surface area contributed by atoms with Gasteiger partial charge in [0.1, 0.15) is 11.9 Å². The molecule has 5 rings (SSSR count). The fourth-order valence-electron chi connectivity index (χ4n) is 4.71. The van der Waals surface area contributed by atoms with Crippen molar-refractivity contribution < 1.29 is 31.5 Å². The number of sulfonamides is 1. The van der Waals surface area contributed by atoms with Crippen LogP contribution in [0.4, 0.5) is 14.5 Å². The lowest BCUT2D eigenvalue weighted by atomic mass is 10.1. The second kappa shape index (κ2) is 13.2. The molecule has 0 spiro atoms. The van der Waals surface area contributed by atoms with Gasteiger partial charge in [0, 0.05) is 6.04 Å². The molecule has 1 amide bonds. The van der Waals surface area contributed by atoms with E-state index in [1.165, 1.54) is 12.3 Å². The number of hydrogen-bond acceptors (Lipinski definition) is 9. The van der Waals surface area contributed by atoms with E-state index in [-0.39, 0.29) is 6.04 Å². The van der Waals surface area contributed by atoms with E-state index in [2.05, 4.69) is 27.2 Å². The maximum atomic E-state index is 15.0. The number of rotatable bonds is 12. The molecule has 0 bridgehead atoms. The number of carbonyl (C=O) groups is 1. The molecule has 10 nitrogen and oxygen atoms in total. The maximum absolute atomic E-state index is 15.0. The summed E-state index contributed by atoms with van der Waals surface area (Å²) in [6, 6.07) is 8.52. The second-order valence-electron chi connectivity index (χ2n) is 11.0. The first-order chi connectivity index (χ1) is 20.6. The number of ether oxygens (including phenoxy) is 2. The molecule has 3 heterocycles. The molecule has 1 atom stereocenters. The van der Waals surface area contributed by atoms with Gasteiger partial charge in [0.2, 0.25) is 5.82 Å². The van der Waals surface area contributed by atoms with Gasteiger partial charge in [-0.15, -0.1) is 0 Å². The number of nitrogens with zero attached hydrogens (tertiary/aromatic N) is 3. The molecular formula is C30H35F2N5O5S. The fraction of sp³-hybridized carbons (Fsp3) is 0.433. The Kier molecular flexibility index (Phi) is 9.40. The highest BCUT2D eigenvalue weighted by Gasteiger charge is 2.27. The summed E-state index contributed by atoms with van der Waals surface area (Å²) in [5, 5.41) is 2.89. The molecule has 43 heavy (non-hydrogen) atoms. The number of likely N-dealkylation sites (tertiary alicyclic amines) is 1. The quantitative estimate of drug-likeness (QED) is 0.299. The van der Waals surface area contributed by atoms with Crippen LogP contribution in [0.15, 0.2) is 53.8 Å². The van der Waals surface area contributed by atoms with Crippen molar-refractivity contribution in [2.45, 2.75) is 56.2 Å². The second-order valence-corrected chi connectivity index (χ2v) is 12.6. The SMILES string of the molecule is CC[C@@H](Oc1ccc(C(=O)NS(=O)(=O)c2ccc(NC3CCN(C)CC3)cn2)c(F)c1F)c1ccc(OCC2CC2)cn1. The Morgan fingerprint density at radius 2 is 1.79 bits per heavy atom. The van der Waals surface area contributed by atoms with Gasteiger partial charge < -0.3 is 19.7 Å². The van der Waals surface area contributed by atoms with Crippen molar-refractivity contribution in [3.63, 3.8) is 0 Å². The van der Waals surface area contributed by atoms with Crippen molar-refractivity contribution in [2.24, 2.45) is 5.92 Å². The van der Waals surface area contributed by atoms with Gasteiger partial charge in [0.05, 0.1) is 35.9 Å². The molecule has 1 aliphatic carbocycles. The van der Waals surface area contributed by atoms with Crippen molar-refractivity contribution in [1.82, 2.24) is 19.6 Å². The Balaban J connectivity index is 1.21. The van der Waals surface area contributed by atoms with Crippen LogP contribution in [0.5, 0.6) is 11.5 Å². The summed E-state index contributed by atoms with van der Waals surface area (Å²) in [6.07, 6.45) is 6.83. The van der Waals surface area contributed by atoms with Crippen LogP contribution < -0.4 is 19.5 Å². The van der Waals surface area contributed by atoms with E-state index >= 15 is 4.39 Å². The lowest BCUT2D eigenvalue weighted by Gasteiger charge is -2.30. The summed E-state index contributed by atoms with van der Waals surface area (Å²) in [7, 11) is -2.40. The van der Waals surface area contributed by atoms with E-state index < -0.39 is 50.0 Å². The van der Waals surface area contributed by atoms with Gasteiger partial charge in [0.25, 0.3) is 15.9 Å². The van der Waals surface area contributed by atoms with Crippen LogP contribution in [0.2, 0.25) is 0 Å². The van der Waals surface area contributed by atoms with Crippen molar-refractivity contribution >= 4 is 21.6 Å². The number of piperidine rings is 1. The fourth-order valence-corrected chi connectivity index (χ4v) is 5.61. The standard InChI is InChI=1S/C30H35F2N5O5S/c1-3-25(24-9-7-22(17-33-24)41-18-19-4-5-19)42-26-10-8-23(28(31)29(26)32)30(38)36-43(39,40)27-11-6-21(16-34-27)35-20-12-14-37(2)15-13-20/h6-11,16-17,19-20,25,35H,3-5,12-15,18H2,1-2H3,(H,36,38)/t25-/m1/s1. The van der Waals surface area contributed by atoms with E-state index in [9.17, 15) is 17.6 Å². The number of amides is 1. The normalized spacial score (nSPS) is 16.8. The minimum atomic E-state index is -4.46. The van der Waals surface area contributed by atoms with E-state index in [1.807, 2.05) is 0 Å². The van der Waals surface area contributed by atoms with Crippen LogP contribution in [0.1, 0.15) is 61.2 Å². The monoisotopic (exact) mass is 615 g/mol. The number of pyridine rings is 2. The molecule has 2 N–H and O–H groups in total. The number of halogens is 2. The van der Waals surface area contributed by atoms with Gasteiger partial charge in [-0.05, 0) is 94.6 Å². The molecule has 2 fully saturated rings. The Bertz CT molecular complexity index is 1530. The summed E-state index contributed by atoms with van der Waals surface area (Å²) < 4.78 is 68.7. The van der Waals surface area contributed by atoms with Crippen LogP contribution in [0, 0.1) is 17.6 Å². The number of aromatic nitrogens is 2. The molecule has 1 saturated carbocycles. The number of benzene rings is 1. The third-order valence-corrected chi connectivity index (χ3v) is 8.78. The predicted octanol–water partition coefficient (Wildman–Crippen LogP) is 4.70. The molecule has 2 aromatic heterocycles. The molecule has 0 radical (unpaired) electrons. The van der Waals surface area contributed by atoms with Crippen LogP contribution >= 0.6 is 0 Å². The molecule has 1 aliphatic heterocycles. The highest BCUT2D eigenvalue weighted by atomic mass is 32.2. The van der Waals surface area contributed by atoms with Crippen LogP contribution in [-0.2, 0) is 10.0 Å². The first-order valence-electron chi connectivity index (χ1n) is 14.3. The number of anilines is 1.